The minimum atomic E-state index is -0.930. The Kier molecular flexibility index (Phi) is 7.05. The SMILES string of the molecule is Cn1cc(C#CCCCCC#C[C@]2(O)CC[C@H]3[C@@H]4CCc5cc(O)ccc5[C@H]4CC[C@@]32C)c(=O)n(C)c1=O. The van der Waals surface area contributed by atoms with Crippen molar-refractivity contribution in [1.82, 2.24) is 9.13 Å². The molecule has 0 unspecified atom stereocenters. The van der Waals surface area contributed by atoms with Gasteiger partial charge in [0.2, 0.25) is 0 Å². The fourth-order valence-electron chi connectivity index (χ4n) is 7.48. The molecule has 6 nitrogen and oxygen atoms in total. The summed E-state index contributed by atoms with van der Waals surface area (Å²) in [6.07, 6.45) is 10.5. The largest absolute Gasteiger partial charge is 0.508 e. The zero-order valence-electron chi connectivity index (χ0n) is 22.7. The first kappa shape index (κ1) is 26.4. The van der Waals surface area contributed by atoms with Gasteiger partial charge in [-0.3, -0.25) is 9.36 Å². The van der Waals surface area contributed by atoms with Gasteiger partial charge in [-0.2, -0.15) is 0 Å². The lowest BCUT2D eigenvalue weighted by Crippen LogP contribution is -2.50. The number of phenols is 1. The van der Waals surface area contributed by atoms with E-state index in [0.717, 1.165) is 62.4 Å². The normalized spacial score (nSPS) is 29.2. The molecule has 0 aliphatic heterocycles. The Morgan fingerprint density at radius 2 is 1.82 bits per heavy atom. The highest BCUT2D eigenvalue weighted by Gasteiger charge is 2.61. The van der Waals surface area contributed by atoms with Gasteiger partial charge < -0.3 is 14.8 Å². The summed E-state index contributed by atoms with van der Waals surface area (Å²) in [7, 11) is 3.07. The second-order valence-corrected chi connectivity index (χ2v) is 11.8. The molecule has 2 saturated carbocycles. The van der Waals surface area contributed by atoms with Gasteiger partial charge in [-0.05, 0) is 92.4 Å². The molecule has 38 heavy (non-hydrogen) atoms. The molecule has 2 aromatic rings. The molecule has 2 N–H and O–H groups in total. The van der Waals surface area contributed by atoms with Crippen LogP contribution in [0.25, 0.3) is 0 Å². The van der Waals surface area contributed by atoms with Crippen LogP contribution < -0.4 is 11.2 Å². The van der Waals surface area contributed by atoms with Gasteiger partial charge in [-0.1, -0.05) is 30.8 Å². The van der Waals surface area contributed by atoms with Gasteiger partial charge in [0.1, 0.15) is 16.9 Å². The molecule has 1 aromatic carbocycles. The Morgan fingerprint density at radius 3 is 2.61 bits per heavy atom. The Labute approximate surface area is 224 Å². The number of aryl methyl sites for hydroxylation is 2. The molecule has 6 heteroatoms. The van der Waals surface area contributed by atoms with Crippen LogP contribution in [0.15, 0.2) is 34.0 Å². The zero-order chi connectivity index (χ0) is 27.1. The number of unbranched alkanes of at least 4 members (excludes halogenated alkanes) is 3. The lowest BCUT2D eigenvalue weighted by molar-refractivity contribution is -0.0648. The maximum atomic E-state index is 12.2. The van der Waals surface area contributed by atoms with Crippen molar-refractivity contribution in [2.45, 2.75) is 82.7 Å². The molecule has 200 valence electrons. The summed E-state index contributed by atoms with van der Waals surface area (Å²) in [4.78, 5) is 24.0. The highest BCUT2D eigenvalue weighted by Crippen LogP contribution is 2.64. The first-order valence-electron chi connectivity index (χ1n) is 13.9. The number of benzene rings is 1. The summed E-state index contributed by atoms with van der Waals surface area (Å²) in [5, 5.41) is 21.7. The molecule has 2 fully saturated rings. The Balaban J connectivity index is 1.17. The zero-order valence-corrected chi connectivity index (χ0v) is 22.7. The Bertz CT molecular complexity index is 1480. The molecule has 5 rings (SSSR count). The van der Waals surface area contributed by atoms with Gasteiger partial charge >= 0.3 is 5.69 Å². The van der Waals surface area contributed by atoms with E-state index in [9.17, 15) is 19.8 Å². The molecule has 0 amide bonds. The third-order valence-corrected chi connectivity index (χ3v) is 9.68. The molecular formula is C32H38N2O4. The Hall–Kier alpha value is -3.22. The number of hydrogen-bond acceptors (Lipinski definition) is 4. The van der Waals surface area contributed by atoms with E-state index in [-0.39, 0.29) is 16.7 Å². The van der Waals surface area contributed by atoms with Crippen LogP contribution in [0.5, 0.6) is 5.75 Å². The third kappa shape index (κ3) is 4.50. The number of aromatic hydroxyl groups is 1. The number of rotatable bonds is 3. The second-order valence-electron chi connectivity index (χ2n) is 11.8. The smallest absolute Gasteiger partial charge is 0.330 e. The van der Waals surface area contributed by atoms with Crippen molar-refractivity contribution in [2.24, 2.45) is 31.3 Å². The van der Waals surface area contributed by atoms with Crippen LogP contribution in [0.1, 0.15) is 87.3 Å². The standard InChI is InChI=1S/C32H38N2O4/c1-31-18-15-26-25-14-12-24(35)20-22(25)11-13-27(26)28(31)16-19-32(31,38)17-9-7-5-4-6-8-10-23-21-33(2)30(37)34(3)29(23)36/h12,14,20-21,26-28,35,38H,4-7,11,13,15-16,18-19H2,1-3H3/t26-,27-,28+,31+,32+/m1/s1. The maximum absolute atomic E-state index is 12.2. The van der Waals surface area contributed by atoms with Crippen molar-refractivity contribution < 1.29 is 10.2 Å². The van der Waals surface area contributed by atoms with Crippen LogP contribution in [0, 0.1) is 40.9 Å². The van der Waals surface area contributed by atoms with E-state index in [1.165, 1.54) is 28.9 Å². The minimum Gasteiger partial charge on any atom is -0.508 e. The van der Waals surface area contributed by atoms with Gasteiger partial charge in [-0.15, -0.1) is 5.92 Å². The molecule has 0 radical (unpaired) electrons. The van der Waals surface area contributed by atoms with Crippen LogP contribution in [-0.2, 0) is 20.5 Å². The summed E-state index contributed by atoms with van der Waals surface area (Å²) >= 11 is 0. The number of aromatic nitrogens is 2. The average Bonchev–Trinajstić information content (AvgIpc) is 3.17. The van der Waals surface area contributed by atoms with Gasteiger partial charge in [0.05, 0.1) is 0 Å². The number of phenolic OH excluding ortho intramolecular Hbond substituents is 1. The monoisotopic (exact) mass is 514 g/mol. The fourth-order valence-corrected chi connectivity index (χ4v) is 7.48. The number of nitrogens with zero attached hydrogens (tertiary/aromatic N) is 2. The predicted molar refractivity (Wildman–Crippen MR) is 148 cm³/mol. The number of aliphatic hydroxyl groups is 1. The van der Waals surface area contributed by atoms with Crippen molar-refractivity contribution in [2.75, 3.05) is 0 Å². The lowest BCUT2D eigenvalue weighted by Gasteiger charge is -2.52. The lowest BCUT2D eigenvalue weighted by atomic mass is 9.53. The van der Waals surface area contributed by atoms with E-state index in [2.05, 4.69) is 36.7 Å². The van der Waals surface area contributed by atoms with E-state index >= 15 is 0 Å². The molecule has 0 bridgehead atoms. The predicted octanol–water partition coefficient (Wildman–Crippen LogP) is 3.99. The van der Waals surface area contributed by atoms with Crippen molar-refractivity contribution in [3.8, 4) is 29.4 Å². The minimum absolute atomic E-state index is 0.178. The number of hydrogen-bond donors (Lipinski definition) is 2. The van der Waals surface area contributed by atoms with Crippen LogP contribution in [0.3, 0.4) is 0 Å². The van der Waals surface area contributed by atoms with E-state index < -0.39 is 5.60 Å². The maximum Gasteiger partial charge on any atom is 0.330 e. The van der Waals surface area contributed by atoms with Crippen LogP contribution in [0.2, 0.25) is 0 Å². The summed E-state index contributed by atoms with van der Waals surface area (Å²) in [5.41, 5.74) is 1.20. The van der Waals surface area contributed by atoms with Crippen molar-refractivity contribution in [3.05, 3.63) is 61.9 Å². The highest BCUT2D eigenvalue weighted by molar-refractivity contribution is 5.41. The Morgan fingerprint density at radius 1 is 1.05 bits per heavy atom. The molecular weight excluding hydrogens is 476 g/mol. The van der Waals surface area contributed by atoms with Gasteiger partial charge in [-0.25, -0.2) is 4.79 Å². The molecule has 1 heterocycles. The van der Waals surface area contributed by atoms with E-state index in [1.54, 1.807) is 7.05 Å². The van der Waals surface area contributed by atoms with E-state index in [1.807, 2.05) is 12.1 Å². The van der Waals surface area contributed by atoms with Crippen molar-refractivity contribution in [3.63, 3.8) is 0 Å². The van der Waals surface area contributed by atoms with Crippen molar-refractivity contribution in [1.29, 1.82) is 0 Å². The first-order valence-corrected chi connectivity index (χ1v) is 13.9. The van der Waals surface area contributed by atoms with Crippen molar-refractivity contribution >= 4 is 0 Å². The topological polar surface area (TPSA) is 84.5 Å². The van der Waals surface area contributed by atoms with Crippen LogP contribution >= 0.6 is 0 Å². The van der Waals surface area contributed by atoms with Crippen LogP contribution in [0.4, 0.5) is 0 Å². The summed E-state index contributed by atoms with van der Waals surface area (Å²) < 4.78 is 2.44. The molecule has 1 aromatic heterocycles. The van der Waals surface area contributed by atoms with Gasteiger partial charge in [0.15, 0.2) is 0 Å². The second kappa shape index (κ2) is 10.2. The summed E-state index contributed by atoms with van der Waals surface area (Å²) in [6.45, 7) is 2.27. The molecule has 3 aliphatic rings. The molecule has 0 spiro atoms. The average molecular weight is 515 g/mol. The first-order chi connectivity index (χ1) is 18.1. The highest BCUT2D eigenvalue weighted by atomic mass is 16.3. The summed E-state index contributed by atoms with van der Waals surface area (Å²) in [5.74, 6) is 14.5. The van der Waals surface area contributed by atoms with Crippen LogP contribution in [-0.4, -0.2) is 24.9 Å². The van der Waals surface area contributed by atoms with Gasteiger partial charge in [0, 0.05) is 38.5 Å². The molecule has 3 aliphatic carbocycles. The summed E-state index contributed by atoms with van der Waals surface area (Å²) in [6, 6.07) is 5.88. The van der Waals surface area contributed by atoms with E-state index in [4.69, 9.17) is 0 Å². The molecule has 5 atom stereocenters. The fraction of sp³-hybridized carbons (Fsp3) is 0.562. The quantitative estimate of drug-likeness (QED) is 0.479. The molecule has 0 saturated heterocycles. The number of fused-ring (bicyclic) bond motifs is 5. The third-order valence-electron chi connectivity index (χ3n) is 9.68. The van der Waals surface area contributed by atoms with E-state index in [0.29, 0.717) is 35.5 Å². The van der Waals surface area contributed by atoms with Gasteiger partial charge in [0.25, 0.3) is 5.56 Å².